The minimum atomic E-state index is 0.119. The Balaban J connectivity index is 2.50. The first-order chi connectivity index (χ1) is 8.72. The average Bonchev–Trinajstić information content (AvgIpc) is 2.98. The number of aromatic nitrogens is 2. The summed E-state index contributed by atoms with van der Waals surface area (Å²) in [5, 5.41) is 12.1. The summed E-state index contributed by atoms with van der Waals surface area (Å²) in [6.07, 6.45) is 1.78. The van der Waals surface area contributed by atoms with Crippen LogP contribution in [-0.4, -0.2) is 23.9 Å². The molecule has 0 bridgehead atoms. The van der Waals surface area contributed by atoms with Gasteiger partial charge in [-0.05, 0) is 42.8 Å². The van der Waals surface area contributed by atoms with Gasteiger partial charge in [-0.2, -0.15) is 16.4 Å². The van der Waals surface area contributed by atoms with E-state index in [0.717, 1.165) is 18.0 Å². The molecule has 4 nitrogen and oxygen atoms in total. The second-order valence-electron chi connectivity index (χ2n) is 4.15. The van der Waals surface area contributed by atoms with E-state index < -0.39 is 0 Å². The summed E-state index contributed by atoms with van der Waals surface area (Å²) in [5.41, 5.74) is 3.67. The van der Waals surface area contributed by atoms with Gasteiger partial charge in [0.05, 0.1) is 19.3 Å². The van der Waals surface area contributed by atoms with Crippen LogP contribution in [0.15, 0.2) is 17.0 Å². The fraction of sp³-hybridized carbons (Fsp3) is 0.462. The molecule has 0 fully saturated rings. The number of methoxy groups -OCH3 is 1. The fourth-order valence-corrected chi connectivity index (χ4v) is 3.06. The van der Waals surface area contributed by atoms with Crippen LogP contribution < -0.4 is 10.1 Å². The van der Waals surface area contributed by atoms with Crippen LogP contribution >= 0.6 is 11.3 Å². The molecule has 0 saturated heterocycles. The lowest BCUT2D eigenvalue weighted by molar-refractivity contribution is 0.401. The zero-order valence-corrected chi connectivity index (χ0v) is 12.0. The van der Waals surface area contributed by atoms with Gasteiger partial charge < -0.3 is 10.1 Å². The van der Waals surface area contributed by atoms with Crippen molar-refractivity contribution in [1.29, 1.82) is 0 Å². The molecule has 0 amide bonds. The van der Waals surface area contributed by atoms with Crippen molar-refractivity contribution in [2.45, 2.75) is 26.4 Å². The summed E-state index contributed by atoms with van der Waals surface area (Å²) in [6.45, 7) is 5.05. The number of rotatable bonds is 5. The predicted octanol–water partition coefficient (Wildman–Crippen LogP) is 2.59. The van der Waals surface area contributed by atoms with Gasteiger partial charge in [0.2, 0.25) is 0 Å². The van der Waals surface area contributed by atoms with Crippen LogP contribution in [0.3, 0.4) is 0 Å². The van der Waals surface area contributed by atoms with Crippen LogP contribution in [0.25, 0.3) is 0 Å². The van der Waals surface area contributed by atoms with Crippen molar-refractivity contribution >= 4 is 11.3 Å². The molecule has 1 N–H and O–H groups in total. The van der Waals surface area contributed by atoms with E-state index in [1.807, 2.05) is 11.7 Å². The van der Waals surface area contributed by atoms with Crippen LogP contribution in [-0.2, 0) is 6.54 Å². The maximum absolute atomic E-state index is 5.43. The fourth-order valence-electron chi connectivity index (χ4n) is 2.18. The minimum Gasteiger partial charge on any atom is -0.493 e. The monoisotopic (exact) mass is 265 g/mol. The van der Waals surface area contributed by atoms with Gasteiger partial charge >= 0.3 is 0 Å². The van der Waals surface area contributed by atoms with E-state index in [1.54, 1.807) is 24.6 Å². The van der Waals surface area contributed by atoms with E-state index in [0.29, 0.717) is 0 Å². The highest BCUT2D eigenvalue weighted by molar-refractivity contribution is 7.08. The molecule has 1 atom stereocenters. The Morgan fingerprint density at radius 2 is 2.28 bits per heavy atom. The van der Waals surface area contributed by atoms with Crippen LogP contribution in [0.5, 0.6) is 5.75 Å². The smallest absolute Gasteiger partial charge is 0.161 e. The van der Waals surface area contributed by atoms with Gasteiger partial charge in [0.15, 0.2) is 5.75 Å². The summed E-state index contributed by atoms with van der Waals surface area (Å²) in [4.78, 5) is 0. The molecule has 0 aliphatic carbocycles. The van der Waals surface area contributed by atoms with Gasteiger partial charge in [0.25, 0.3) is 0 Å². The van der Waals surface area contributed by atoms with Crippen molar-refractivity contribution in [1.82, 2.24) is 15.1 Å². The molecule has 0 spiro atoms. The van der Waals surface area contributed by atoms with E-state index in [-0.39, 0.29) is 6.04 Å². The Hall–Kier alpha value is -1.33. The lowest BCUT2D eigenvalue weighted by Crippen LogP contribution is -2.22. The van der Waals surface area contributed by atoms with E-state index in [2.05, 4.69) is 35.0 Å². The average molecular weight is 265 g/mol. The van der Waals surface area contributed by atoms with Crippen molar-refractivity contribution in [3.05, 3.63) is 33.8 Å². The first-order valence-electron chi connectivity index (χ1n) is 6.02. The third-order valence-corrected chi connectivity index (χ3v) is 4.01. The predicted molar refractivity (Wildman–Crippen MR) is 74.4 cm³/mol. The van der Waals surface area contributed by atoms with E-state index >= 15 is 0 Å². The quantitative estimate of drug-likeness (QED) is 0.903. The molecular weight excluding hydrogens is 246 g/mol. The highest BCUT2D eigenvalue weighted by Crippen LogP contribution is 2.32. The Morgan fingerprint density at radius 1 is 1.50 bits per heavy atom. The number of thiophene rings is 1. The van der Waals surface area contributed by atoms with Gasteiger partial charge in [0, 0.05) is 6.54 Å². The van der Waals surface area contributed by atoms with Crippen molar-refractivity contribution in [2.75, 3.05) is 14.2 Å². The van der Waals surface area contributed by atoms with Crippen LogP contribution in [0, 0.1) is 6.92 Å². The number of nitrogens with one attached hydrogen (secondary N) is 1. The molecule has 98 valence electrons. The zero-order valence-electron chi connectivity index (χ0n) is 11.2. The molecule has 18 heavy (non-hydrogen) atoms. The third-order valence-electron chi connectivity index (χ3n) is 3.13. The van der Waals surface area contributed by atoms with E-state index in [4.69, 9.17) is 4.74 Å². The first-order valence-corrected chi connectivity index (χ1v) is 6.96. The van der Waals surface area contributed by atoms with Crippen LogP contribution in [0.2, 0.25) is 0 Å². The Morgan fingerprint density at radius 3 is 2.78 bits per heavy atom. The first kappa shape index (κ1) is 13.1. The molecule has 0 aliphatic rings. The molecule has 1 unspecified atom stereocenters. The van der Waals surface area contributed by atoms with Gasteiger partial charge in [-0.15, -0.1) is 0 Å². The maximum atomic E-state index is 5.43. The largest absolute Gasteiger partial charge is 0.493 e. The molecule has 0 aliphatic heterocycles. The highest BCUT2D eigenvalue weighted by atomic mass is 32.1. The normalized spacial score (nSPS) is 12.7. The topological polar surface area (TPSA) is 39.1 Å². The van der Waals surface area contributed by atoms with Crippen LogP contribution in [0.4, 0.5) is 0 Å². The number of hydrogen-bond donors (Lipinski definition) is 1. The molecule has 5 heteroatoms. The summed E-state index contributed by atoms with van der Waals surface area (Å²) in [5.74, 6) is 0.835. The second kappa shape index (κ2) is 5.54. The number of aryl methyl sites for hydroxylation is 2. The molecule has 2 rings (SSSR count). The Labute approximate surface area is 112 Å². The summed E-state index contributed by atoms with van der Waals surface area (Å²) in [6, 6.07) is 0.119. The minimum absolute atomic E-state index is 0.119. The lowest BCUT2D eigenvalue weighted by Gasteiger charge is -2.19. The summed E-state index contributed by atoms with van der Waals surface area (Å²) >= 11 is 1.72. The lowest BCUT2D eigenvalue weighted by atomic mass is 10.0. The summed E-state index contributed by atoms with van der Waals surface area (Å²) < 4.78 is 7.41. The molecule has 2 aromatic rings. The standard InChI is InChI=1S/C13H19N3OS/c1-5-16-13(11(17-4)6-15-16)12(14-3)10-8-18-7-9(10)2/h6-8,12,14H,5H2,1-4H3. The Kier molecular flexibility index (Phi) is 4.04. The van der Waals surface area contributed by atoms with Gasteiger partial charge in [-0.25, -0.2) is 0 Å². The maximum Gasteiger partial charge on any atom is 0.161 e. The zero-order chi connectivity index (χ0) is 13.1. The number of nitrogens with zero attached hydrogens (tertiary/aromatic N) is 2. The van der Waals surface area contributed by atoms with E-state index in [9.17, 15) is 0 Å². The van der Waals surface area contributed by atoms with Gasteiger partial charge in [0.1, 0.15) is 5.69 Å². The van der Waals surface area contributed by atoms with E-state index in [1.165, 1.54) is 11.1 Å². The summed E-state index contributed by atoms with van der Waals surface area (Å²) in [7, 11) is 3.65. The number of ether oxygens (including phenoxy) is 1. The third kappa shape index (κ3) is 2.15. The molecule has 0 radical (unpaired) electrons. The van der Waals surface area contributed by atoms with Crippen molar-refractivity contribution in [3.63, 3.8) is 0 Å². The molecule has 2 heterocycles. The molecule has 0 aromatic carbocycles. The van der Waals surface area contributed by atoms with Crippen molar-refractivity contribution in [2.24, 2.45) is 0 Å². The molecule has 0 saturated carbocycles. The van der Waals surface area contributed by atoms with Gasteiger partial charge in [-0.3, -0.25) is 4.68 Å². The molecular formula is C13H19N3OS. The SMILES string of the molecule is CCn1ncc(OC)c1C(NC)c1cscc1C. The van der Waals surface area contributed by atoms with Crippen LogP contribution in [0.1, 0.15) is 29.8 Å². The second-order valence-corrected chi connectivity index (χ2v) is 4.89. The Bertz CT molecular complexity index is 497. The van der Waals surface area contributed by atoms with Gasteiger partial charge in [-0.1, -0.05) is 0 Å². The van der Waals surface area contributed by atoms with Crippen molar-refractivity contribution < 1.29 is 4.74 Å². The number of hydrogen-bond acceptors (Lipinski definition) is 4. The molecule has 2 aromatic heterocycles. The highest BCUT2D eigenvalue weighted by Gasteiger charge is 2.23. The van der Waals surface area contributed by atoms with Crippen molar-refractivity contribution in [3.8, 4) is 5.75 Å².